The first-order chi connectivity index (χ1) is 5.86. The van der Waals surface area contributed by atoms with E-state index in [9.17, 15) is 4.79 Å². The molecular formula is C9H9NOS. The van der Waals surface area contributed by atoms with Crippen LogP contribution < -0.4 is 5.32 Å². The lowest BCUT2D eigenvalue weighted by atomic mass is 10.3. The molecule has 0 atom stereocenters. The van der Waals surface area contributed by atoms with Gasteiger partial charge in [0.2, 0.25) is 5.91 Å². The van der Waals surface area contributed by atoms with Crippen LogP contribution in [0.5, 0.6) is 0 Å². The number of amides is 1. The van der Waals surface area contributed by atoms with Gasteiger partial charge in [0.1, 0.15) is 0 Å². The van der Waals surface area contributed by atoms with E-state index in [0.717, 1.165) is 11.4 Å². The van der Waals surface area contributed by atoms with E-state index >= 15 is 0 Å². The highest BCUT2D eigenvalue weighted by molar-refractivity contribution is 7.99. The number of thioether (sulfide) groups is 1. The molecule has 0 fully saturated rings. The molecule has 3 heteroatoms. The molecule has 0 spiro atoms. The highest BCUT2D eigenvalue weighted by Gasteiger charge is 2.11. The van der Waals surface area contributed by atoms with Crippen LogP contribution in [0, 0.1) is 0 Å². The monoisotopic (exact) mass is 179 g/mol. The van der Waals surface area contributed by atoms with E-state index in [-0.39, 0.29) is 5.91 Å². The molecule has 1 amide bonds. The number of hydrogen-bond donors (Lipinski definition) is 1. The average Bonchev–Trinajstić information content (AvgIpc) is 2.25. The maximum absolute atomic E-state index is 11.1. The lowest BCUT2D eigenvalue weighted by Gasteiger charge is -2.03. The third-order valence-corrected chi connectivity index (χ3v) is 2.82. The predicted molar refractivity (Wildman–Crippen MR) is 50.4 cm³/mol. The molecule has 62 valence electrons. The van der Waals surface area contributed by atoms with E-state index in [0.29, 0.717) is 6.42 Å². The summed E-state index contributed by atoms with van der Waals surface area (Å²) < 4.78 is 0. The van der Waals surface area contributed by atoms with Crippen molar-refractivity contribution in [1.82, 2.24) is 0 Å². The van der Waals surface area contributed by atoms with Crippen LogP contribution in [0.3, 0.4) is 0 Å². The van der Waals surface area contributed by atoms with Gasteiger partial charge in [-0.05, 0) is 12.1 Å². The van der Waals surface area contributed by atoms with E-state index in [1.165, 1.54) is 4.90 Å². The fourth-order valence-corrected chi connectivity index (χ4v) is 2.12. The number of nitrogens with one attached hydrogen (secondary N) is 1. The van der Waals surface area contributed by atoms with Crippen LogP contribution in [0.4, 0.5) is 5.69 Å². The third-order valence-electron chi connectivity index (χ3n) is 1.75. The molecule has 0 unspecified atom stereocenters. The van der Waals surface area contributed by atoms with Crippen molar-refractivity contribution in [3.63, 3.8) is 0 Å². The molecule has 1 N–H and O–H groups in total. The van der Waals surface area contributed by atoms with Crippen LogP contribution in [0.2, 0.25) is 0 Å². The van der Waals surface area contributed by atoms with Gasteiger partial charge in [-0.25, -0.2) is 0 Å². The normalized spacial score (nSPS) is 16.2. The largest absolute Gasteiger partial charge is 0.325 e. The lowest BCUT2D eigenvalue weighted by Crippen LogP contribution is -2.09. The molecule has 2 rings (SSSR count). The fourth-order valence-electron chi connectivity index (χ4n) is 1.16. The maximum Gasteiger partial charge on any atom is 0.225 e. The van der Waals surface area contributed by atoms with Gasteiger partial charge in [-0.1, -0.05) is 12.1 Å². The van der Waals surface area contributed by atoms with Gasteiger partial charge in [-0.2, -0.15) is 0 Å². The first-order valence-corrected chi connectivity index (χ1v) is 4.86. The quantitative estimate of drug-likeness (QED) is 0.661. The van der Waals surface area contributed by atoms with Gasteiger partial charge < -0.3 is 5.32 Å². The molecule has 2 nitrogen and oxygen atoms in total. The molecule has 12 heavy (non-hydrogen) atoms. The number of benzene rings is 1. The smallest absolute Gasteiger partial charge is 0.225 e. The Labute approximate surface area is 75.4 Å². The van der Waals surface area contributed by atoms with Gasteiger partial charge in [0, 0.05) is 17.1 Å². The summed E-state index contributed by atoms with van der Waals surface area (Å²) in [4.78, 5) is 12.3. The summed E-state index contributed by atoms with van der Waals surface area (Å²) in [6, 6.07) is 7.89. The van der Waals surface area contributed by atoms with Crippen LogP contribution in [-0.4, -0.2) is 11.7 Å². The van der Waals surface area contributed by atoms with Gasteiger partial charge >= 0.3 is 0 Å². The number of anilines is 1. The Kier molecular flexibility index (Phi) is 2.04. The van der Waals surface area contributed by atoms with E-state index < -0.39 is 0 Å². The Morgan fingerprint density at radius 3 is 3.08 bits per heavy atom. The molecule has 1 aliphatic rings. The molecule has 0 bridgehead atoms. The number of fused-ring (bicyclic) bond motifs is 1. The SMILES string of the molecule is O=C1CCSc2ccccc2N1. The second kappa shape index (κ2) is 3.19. The Morgan fingerprint density at radius 2 is 2.17 bits per heavy atom. The summed E-state index contributed by atoms with van der Waals surface area (Å²) in [6.45, 7) is 0. The van der Waals surface area contributed by atoms with Crippen molar-refractivity contribution >= 4 is 23.4 Å². The Bertz CT molecular complexity index is 311. The number of para-hydroxylation sites is 1. The minimum atomic E-state index is 0.118. The molecule has 0 saturated heterocycles. The van der Waals surface area contributed by atoms with E-state index in [1.807, 2.05) is 24.3 Å². The molecular weight excluding hydrogens is 170 g/mol. The molecule has 0 radical (unpaired) electrons. The zero-order chi connectivity index (χ0) is 8.39. The summed E-state index contributed by atoms with van der Waals surface area (Å²) >= 11 is 1.73. The minimum Gasteiger partial charge on any atom is -0.325 e. The molecule has 0 aliphatic carbocycles. The first-order valence-electron chi connectivity index (χ1n) is 3.88. The van der Waals surface area contributed by atoms with Gasteiger partial charge in [0.05, 0.1) is 5.69 Å². The van der Waals surface area contributed by atoms with Crippen molar-refractivity contribution in [3.8, 4) is 0 Å². The summed E-state index contributed by atoms with van der Waals surface area (Å²) in [6.07, 6.45) is 0.610. The van der Waals surface area contributed by atoms with Gasteiger partial charge in [-0.15, -0.1) is 11.8 Å². The van der Waals surface area contributed by atoms with Gasteiger partial charge in [0.25, 0.3) is 0 Å². The van der Waals surface area contributed by atoms with E-state index in [2.05, 4.69) is 5.32 Å². The predicted octanol–water partition coefficient (Wildman–Crippen LogP) is 2.12. The van der Waals surface area contributed by atoms with Crippen LogP contribution in [0.1, 0.15) is 6.42 Å². The zero-order valence-electron chi connectivity index (χ0n) is 6.54. The fraction of sp³-hybridized carbons (Fsp3) is 0.222. The van der Waals surface area contributed by atoms with Gasteiger partial charge in [0.15, 0.2) is 0 Å². The molecule has 1 aliphatic heterocycles. The summed E-state index contributed by atoms with van der Waals surface area (Å²) in [5.41, 5.74) is 0.949. The van der Waals surface area contributed by atoms with Crippen LogP contribution in [-0.2, 0) is 4.79 Å². The lowest BCUT2D eigenvalue weighted by molar-refractivity contribution is -0.115. The standard InChI is InChI=1S/C9H9NOS/c11-9-5-6-12-8-4-2-1-3-7(8)10-9/h1-4H,5-6H2,(H,10,11). The number of carbonyl (C=O) groups excluding carboxylic acids is 1. The number of rotatable bonds is 0. The van der Waals surface area contributed by atoms with Crippen molar-refractivity contribution in [1.29, 1.82) is 0 Å². The summed E-state index contributed by atoms with van der Waals surface area (Å²) in [5, 5.41) is 2.86. The molecule has 0 aromatic heterocycles. The van der Waals surface area contributed by atoms with Crippen molar-refractivity contribution in [3.05, 3.63) is 24.3 Å². The topological polar surface area (TPSA) is 29.1 Å². The van der Waals surface area contributed by atoms with Crippen molar-refractivity contribution in [2.75, 3.05) is 11.1 Å². The van der Waals surface area contributed by atoms with Crippen LogP contribution in [0.25, 0.3) is 0 Å². The Morgan fingerprint density at radius 1 is 1.33 bits per heavy atom. The minimum absolute atomic E-state index is 0.118. The average molecular weight is 179 g/mol. The van der Waals surface area contributed by atoms with Crippen molar-refractivity contribution in [2.45, 2.75) is 11.3 Å². The highest BCUT2D eigenvalue weighted by Crippen LogP contribution is 2.29. The van der Waals surface area contributed by atoms with E-state index in [1.54, 1.807) is 11.8 Å². The highest BCUT2D eigenvalue weighted by atomic mass is 32.2. The second-order valence-corrected chi connectivity index (χ2v) is 3.78. The summed E-state index contributed by atoms with van der Waals surface area (Å²) in [5.74, 6) is 0.996. The molecule has 0 saturated carbocycles. The van der Waals surface area contributed by atoms with Gasteiger partial charge in [-0.3, -0.25) is 4.79 Å². The zero-order valence-corrected chi connectivity index (χ0v) is 7.36. The Balaban J connectivity index is 2.37. The molecule has 1 aromatic carbocycles. The molecule has 1 heterocycles. The van der Waals surface area contributed by atoms with Crippen LogP contribution >= 0.6 is 11.8 Å². The van der Waals surface area contributed by atoms with Crippen molar-refractivity contribution < 1.29 is 4.79 Å². The third kappa shape index (κ3) is 1.46. The number of carbonyl (C=O) groups is 1. The van der Waals surface area contributed by atoms with E-state index in [4.69, 9.17) is 0 Å². The maximum atomic E-state index is 11.1. The molecule has 1 aromatic rings. The Hall–Kier alpha value is -0.960. The first kappa shape index (κ1) is 7.68. The second-order valence-electron chi connectivity index (χ2n) is 2.64. The van der Waals surface area contributed by atoms with Crippen LogP contribution in [0.15, 0.2) is 29.2 Å². The van der Waals surface area contributed by atoms with Crippen molar-refractivity contribution in [2.24, 2.45) is 0 Å². The number of hydrogen-bond acceptors (Lipinski definition) is 2. The summed E-state index contributed by atoms with van der Waals surface area (Å²) in [7, 11) is 0.